The average Bonchev–Trinajstić information content (AvgIpc) is 2.34. The third-order valence-electron chi connectivity index (χ3n) is 3.12. The number of piperidine rings is 1. The van der Waals surface area contributed by atoms with Crippen molar-refractivity contribution in [3.63, 3.8) is 0 Å². The molecule has 94 valence electrons. The Morgan fingerprint density at radius 2 is 2.12 bits per heavy atom. The summed E-state index contributed by atoms with van der Waals surface area (Å²) in [5.74, 6) is 0.104. The number of unbranched alkanes of at least 4 members (excludes halogenated alkanes) is 4. The van der Waals surface area contributed by atoms with Crippen LogP contribution in [0.1, 0.15) is 51.9 Å². The Balaban J connectivity index is 1.97. The number of esters is 1. The lowest BCUT2D eigenvalue weighted by Crippen LogP contribution is -2.35. The van der Waals surface area contributed by atoms with E-state index in [9.17, 15) is 4.79 Å². The Bertz CT molecular complexity index is 188. The maximum Gasteiger partial charge on any atom is 0.310 e. The number of ether oxygens (including phenoxy) is 1. The van der Waals surface area contributed by atoms with Gasteiger partial charge in [0.05, 0.1) is 12.5 Å². The summed E-state index contributed by atoms with van der Waals surface area (Å²) in [5, 5.41) is 3.23. The van der Waals surface area contributed by atoms with Gasteiger partial charge in [0.1, 0.15) is 0 Å². The van der Waals surface area contributed by atoms with E-state index < -0.39 is 0 Å². The van der Waals surface area contributed by atoms with E-state index in [1.54, 1.807) is 0 Å². The number of hydrogen-bond donors (Lipinski definition) is 1. The Kier molecular flexibility index (Phi) is 7.23. The van der Waals surface area contributed by atoms with Crippen molar-refractivity contribution in [3.8, 4) is 0 Å². The molecule has 0 saturated carbocycles. The van der Waals surface area contributed by atoms with Crippen LogP contribution in [0.5, 0.6) is 0 Å². The maximum atomic E-state index is 11.6. The average molecular weight is 227 g/mol. The monoisotopic (exact) mass is 227 g/mol. The van der Waals surface area contributed by atoms with Gasteiger partial charge in [0.2, 0.25) is 0 Å². The first-order valence-electron chi connectivity index (χ1n) is 6.72. The van der Waals surface area contributed by atoms with Gasteiger partial charge in [-0.2, -0.15) is 0 Å². The van der Waals surface area contributed by atoms with Crippen molar-refractivity contribution in [3.05, 3.63) is 0 Å². The molecule has 1 fully saturated rings. The van der Waals surface area contributed by atoms with Crippen molar-refractivity contribution in [2.45, 2.75) is 51.9 Å². The fraction of sp³-hybridized carbons (Fsp3) is 0.923. The molecule has 1 heterocycles. The standard InChI is InChI=1S/C13H25NO2/c1-2-3-4-5-6-10-16-13(15)12-8-7-9-14-11-12/h12,14H,2-11H2,1H3/t12-/m0/s1. The molecule has 0 unspecified atom stereocenters. The molecule has 0 aromatic heterocycles. The summed E-state index contributed by atoms with van der Waals surface area (Å²) < 4.78 is 5.28. The van der Waals surface area contributed by atoms with Gasteiger partial charge >= 0.3 is 5.97 Å². The predicted molar refractivity (Wildman–Crippen MR) is 65.3 cm³/mol. The fourth-order valence-corrected chi connectivity index (χ4v) is 2.05. The summed E-state index contributed by atoms with van der Waals surface area (Å²) in [5.41, 5.74) is 0. The number of hydrogen-bond acceptors (Lipinski definition) is 3. The summed E-state index contributed by atoms with van der Waals surface area (Å²) in [7, 11) is 0. The molecule has 16 heavy (non-hydrogen) atoms. The van der Waals surface area contributed by atoms with Crippen LogP contribution in [-0.2, 0) is 9.53 Å². The minimum absolute atomic E-state index is 0.00249. The third kappa shape index (κ3) is 5.50. The van der Waals surface area contributed by atoms with Crippen LogP contribution in [0.4, 0.5) is 0 Å². The number of nitrogens with one attached hydrogen (secondary N) is 1. The molecule has 3 nitrogen and oxygen atoms in total. The van der Waals surface area contributed by atoms with Crippen molar-refractivity contribution in [2.24, 2.45) is 5.92 Å². The number of rotatable bonds is 7. The fourth-order valence-electron chi connectivity index (χ4n) is 2.05. The van der Waals surface area contributed by atoms with Crippen molar-refractivity contribution in [1.29, 1.82) is 0 Å². The van der Waals surface area contributed by atoms with Crippen LogP contribution in [0, 0.1) is 5.92 Å². The van der Waals surface area contributed by atoms with Gasteiger partial charge in [0.15, 0.2) is 0 Å². The van der Waals surface area contributed by atoms with E-state index in [4.69, 9.17) is 4.74 Å². The molecule has 1 rings (SSSR count). The van der Waals surface area contributed by atoms with Gasteiger partial charge in [0, 0.05) is 6.54 Å². The molecule has 1 aliphatic rings. The van der Waals surface area contributed by atoms with Crippen LogP contribution < -0.4 is 5.32 Å². The van der Waals surface area contributed by atoms with E-state index in [1.807, 2.05) is 0 Å². The van der Waals surface area contributed by atoms with Crippen LogP contribution in [0.15, 0.2) is 0 Å². The summed E-state index contributed by atoms with van der Waals surface area (Å²) in [6.45, 7) is 4.66. The summed E-state index contributed by atoms with van der Waals surface area (Å²) in [6, 6.07) is 0. The van der Waals surface area contributed by atoms with Crippen LogP contribution in [0.3, 0.4) is 0 Å². The zero-order valence-corrected chi connectivity index (χ0v) is 10.5. The minimum atomic E-state index is 0.00249. The topological polar surface area (TPSA) is 38.3 Å². The van der Waals surface area contributed by atoms with Crippen molar-refractivity contribution < 1.29 is 9.53 Å². The largest absolute Gasteiger partial charge is 0.465 e. The van der Waals surface area contributed by atoms with Gasteiger partial charge in [-0.05, 0) is 25.8 Å². The van der Waals surface area contributed by atoms with Gasteiger partial charge in [-0.3, -0.25) is 4.79 Å². The third-order valence-corrected chi connectivity index (χ3v) is 3.12. The predicted octanol–water partition coefficient (Wildman–Crippen LogP) is 2.50. The van der Waals surface area contributed by atoms with Gasteiger partial charge < -0.3 is 10.1 Å². The highest BCUT2D eigenvalue weighted by atomic mass is 16.5. The lowest BCUT2D eigenvalue weighted by molar-refractivity contribution is -0.149. The van der Waals surface area contributed by atoms with Gasteiger partial charge in [-0.15, -0.1) is 0 Å². The summed E-state index contributed by atoms with van der Waals surface area (Å²) in [4.78, 5) is 11.6. The molecule has 0 aromatic rings. The molecule has 0 amide bonds. The van der Waals surface area contributed by atoms with E-state index in [0.29, 0.717) is 6.61 Å². The second-order valence-electron chi connectivity index (χ2n) is 4.62. The van der Waals surface area contributed by atoms with Crippen molar-refractivity contribution >= 4 is 5.97 Å². The Morgan fingerprint density at radius 1 is 1.31 bits per heavy atom. The lowest BCUT2D eigenvalue weighted by atomic mass is 10.0. The van der Waals surface area contributed by atoms with Crippen LogP contribution in [-0.4, -0.2) is 25.7 Å². The van der Waals surface area contributed by atoms with E-state index in [-0.39, 0.29) is 11.9 Å². The molecule has 0 aliphatic carbocycles. The normalized spacial score (nSPS) is 20.7. The molecule has 1 N–H and O–H groups in total. The molecule has 3 heteroatoms. The number of carbonyl (C=O) groups excluding carboxylic acids is 1. The van der Waals surface area contributed by atoms with Crippen LogP contribution in [0.25, 0.3) is 0 Å². The minimum Gasteiger partial charge on any atom is -0.465 e. The zero-order chi connectivity index (χ0) is 11.6. The highest BCUT2D eigenvalue weighted by molar-refractivity contribution is 5.72. The molecule has 1 atom stereocenters. The van der Waals surface area contributed by atoms with E-state index in [1.165, 1.54) is 25.7 Å². The van der Waals surface area contributed by atoms with E-state index >= 15 is 0 Å². The van der Waals surface area contributed by atoms with Gasteiger partial charge in [0.25, 0.3) is 0 Å². The smallest absolute Gasteiger partial charge is 0.310 e. The number of carbonyl (C=O) groups is 1. The van der Waals surface area contributed by atoms with Gasteiger partial charge in [-0.1, -0.05) is 32.6 Å². The molecule has 0 radical (unpaired) electrons. The van der Waals surface area contributed by atoms with E-state index in [2.05, 4.69) is 12.2 Å². The SMILES string of the molecule is CCCCCCCOC(=O)[C@H]1CCCNC1. The first-order valence-corrected chi connectivity index (χ1v) is 6.72. The first-order chi connectivity index (χ1) is 7.84. The highest BCUT2D eigenvalue weighted by Gasteiger charge is 2.21. The van der Waals surface area contributed by atoms with Gasteiger partial charge in [-0.25, -0.2) is 0 Å². The summed E-state index contributed by atoms with van der Waals surface area (Å²) >= 11 is 0. The maximum absolute atomic E-state index is 11.6. The Hall–Kier alpha value is -0.570. The second kappa shape index (κ2) is 8.57. The van der Waals surface area contributed by atoms with Crippen LogP contribution in [0.2, 0.25) is 0 Å². The molecule has 0 bridgehead atoms. The molecule has 0 spiro atoms. The van der Waals surface area contributed by atoms with Crippen LogP contribution >= 0.6 is 0 Å². The summed E-state index contributed by atoms with van der Waals surface area (Å²) in [6.07, 6.45) is 8.10. The molecule has 1 saturated heterocycles. The zero-order valence-electron chi connectivity index (χ0n) is 10.5. The first kappa shape index (κ1) is 13.5. The molecule has 0 aromatic carbocycles. The lowest BCUT2D eigenvalue weighted by Gasteiger charge is -2.21. The van der Waals surface area contributed by atoms with Crippen molar-refractivity contribution in [2.75, 3.05) is 19.7 Å². The Morgan fingerprint density at radius 3 is 2.81 bits per heavy atom. The van der Waals surface area contributed by atoms with Crippen molar-refractivity contribution in [1.82, 2.24) is 5.32 Å². The molecular weight excluding hydrogens is 202 g/mol. The van der Waals surface area contributed by atoms with E-state index in [0.717, 1.165) is 32.4 Å². The quantitative estimate of drug-likeness (QED) is 0.536. The Labute approximate surface area is 98.9 Å². The molecular formula is C13H25NO2. The highest BCUT2D eigenvalue weighted by Crippen LogP contribution is 2.12. The second-order valence-corrected chi connectivity index (χ2v) is 4.62. The molecule has 1 aliphatic heterocycles.